The number of aliphatic hydroxyl groups excluding tert-OH is 1. The summed E-state index contributed by atoms with van der Waals surface area (Å²) in [5.74, 6) is 1.57. The second-order valence-corrected chi connectivity index (χ2v) is 18.6. The average molecular weight is 998 g/mol. The number of amides is 1. The fraction of sp³-hybridized carbons (Fsp3) is 0.238. The number of carboxylic acid groups (broad SMARTS) is 1. The summed E-state index contributed by atoms with van der Waals surface area (Å²) in [6, 6.07) is 30.6. The van der Waals surface area contributed by atoms with Gasteiger partial charge in [0.1, 0.15) is 27.0 Å². The lowest BCUT2D eigenvalue weighted by molar-refractivity contribution is 0.0947. The number of carbonyl (C=O) groups is 1. The maximum absolute atomic E-state index is 15.5. The van der Waals surface area contributed by atoms with Crippen molar-refractivity contribution in [2.24, 2.45) is 0 Å². The first kappa shape index (κ1) is 45.9. The van der Waals surface area contributed by atoms with Gasteiger partial charge in [0.05, 0.1) is 46.1 Å². The van der Waals surface area contributed by atoms with Gasteiger partial charge in [-0.05, 0) is 98.6 Å². The van der Waals surface area contributed by atoms with E-state index in [0.717, 1.165) is 20.8 Å². The Morgan fingerprint density at radius 2 is 1.26 bits per heavy atom. The third-order valence-corrected chi connectivity index (χ3v) is 14.1. The number of methoxy groups -OCH3 is 3. The standard InChI is InChI=1S/C42H44IN7O10S2/c1-58-34-15-9-30(10-16-34)24-48(25-31-11-17-35(59-2)18-12-31)62(56,57)40-38(61(54,55)44-23-33(28-51)49(42(52)53)26-29-7-5-4-6-8-29)22-21-37(43)39(40)41-45-47-50(46-41)27-32-13-19-36(60-3)20-14-32/h4-22,33,44,51H,23-28H2,1-3H3,(H,52,53)/t33-/m1/s1. The van der Waals surface area contributed by atoms with E-state index in [-0.39, 0.29) is 37.6 Å². The zero-order valence-electron chi connectivity index (χ0n) is 33.8. The van der Waals surface area contributed by atoms with Crippen LogP contribution >= 0.6 is 22.6 Å². The number of benzene rings is 5. The molecule has 0 unspecified atom stereocenters. The van der Waals surface area contributed by atoms with Crippen LogP contribution in [0.5, 0.6) is 17.2 Å². The van der Waals surface area contributed by atoms with E-state index < -0.39 is 55.1 Å². The predicted molar refractivity (Wildman–Crippen MR) is 237 cm³/mol. The number of halogens is 1. The van der Waals surface area contributed by atoms with Crippen molar-refractivity contribution in [3.8, 4) is 28.6 Å². The van der Waals surface area contributed by atoms with Crippen LogP contribution in [-0.4, -0.2) is 103 Å². The molecule has 1 aromatic heterocycles. The number of hydrogen-bond acceptors (Lipinski definition) is 12. The maximum Gasteiger partial charge on any atom is 0.407 e. The van der Waals surface area contributed by atoms with Gasteiger partial charge in [0.15, 0.2) is 0 Å². The van der Waals surface area contributed by atoms with Crippen LogP contribution in [0.2, 0.25) is 0 Å². The van der Waals surface area contributed by atoms with Crippen LogP contribution in [0.4, 0.5) is 4.79 Å². The molecule has 0 bridgehead atoms. The number of nitrogens with one attached hydrogen (secondary N) is 1. The molecule has 0 saturated carbocycles. The van der Waals surface area contributed by atoms with E-state index in [1.165, 1.54) is 25.1 Å². The van der Waals surface area contributed by atoms with Crippen LogP contribution in [0.3, 0.4) is 0 Å². The van der Waals surface area contributed by atoms with Crippen molar-refractivity contribution in [3.05, 3.63) is 141 Å². The van der Waals surface area contributed by atoms with Gasteiger partial charge in [-0.25, -0.2) is 26.4 Å². The Labute approximate surface area is 373 Å². The highest BCUT2D eigenvalue weighted by atomic mass is 127. The molecule has 3 N–H and O–H groups in total. The lowest BCUT2D eigenvalue weighted by atomic mass is 10.2. The molecule has 1 atom stereocenters. The minimum Gasteiger partial charge on any atom is -0.497 e. The van der Waals surface area contributed by atoms with Crippen LogP contribution in [0.25, 0.3) is 11.4 Å². The Morgan fingerprint density at radius 1 is 0.742 bits per heavy atom. The first-order chi connectivity index (χ1) is 29.8. The van der Waals surface area contributed by atoms with Gasteiger partial charge in [-0.15, -0.1) is 10.2 Å². The van der Waals surface area contributed by atoms with Crippen molar-refractivity contribution >= 4 is 48.7 Å². The highest BCUT2D eigenvalue weighted by molar-refractivity contribution is 14.1. The number of ether oxygens (including phenoxy) is 3. The summed E-state index contributed by atoms with van der Waals surface area (Å²) < 4.78 is 80.0. The first-order valence-corrected chi connectivity index (χ1v) is 22.9. The molecule has 1 heterocycles. The number of nitrogens with zero attached hydrogens (tertiary/aromatic N) is 6. The molecule has 17 nitrogen and oxygen atoms in total. The summed E-state index contributed by atoms with van der Waals surface area (Å²) in [5, 5.41) is 33.4. The lowest BCUT2D eigenvalue weighted by Gasteiger charge is -2.29. The predicted octanol–water partition coefficient (Wildman–Crippen LogP) is 5.23. The normalized spacial score (nSPS) is 12.2. The molecule has 1 amide bonds. The van der Waals surface area contributed by atoms with Crippen molar-refractivity contribution in [1.29, 1.82) is 0 Å². The summed E-state index contributed by atoms with van der Waals surface area (Å²) in [6.07, 6.45) is -1.40. The number of rotatable bonds is 20. The van der Waals surface area contributed by atoms with Crippen LogP contribution in [0, 0.1) is 3.57 Å². The van der Waals surface area contributed by atoms with E-state index in [9.17, 15) is 23.4 Å². The Kier molecular flexibility index (Phi) is 15.2. The quantitative estimate of drug-likeness (QED) is 0.0837. The largest absolute Gasteiger partial charge is 0.497 e. The molecular formula is C42H44IN7O10S2. The van der Waals surface area contributed by atoms with Crippen LogP contribution in [-0.2, 0) is 46.2 Å². The first-order valence-electron chi connectivity index (χ1n) is 18.9. The van der Waals surface area contributed by atoms with E-state index in [0.29, 0.717) is 37.5 Å². The van der Waals surface area contributed by atoms with Crippen molar-refractivity contribution in [1.82, 2.24) is 34.1 Å². The summed E-state index contributed by atoms with van der Waals surface area (Å²) >= 11 is 1.90. The van der Waals surface area contributed by atoms with E-state index in [1.54, 1.807) is 98.1 Å². The van der Waals surface area contributed by atoms with Gasteiger partial charge in [0.2, 0.25) is 25.9 Å². The fourth-order valence-electron chi connectivity index (χ4n) is 6.43. The topological polar surface area (TPSA) is 216 Å². The van der Waals surface area contributed by atoms with Crippen LogP contribution < -0.4 is 18.9 Å². The number of aliphatic hydroxyl groups is 1. The molecule has 62 heavy (non-hydrogen) atoms. The Hall–Kier alpha value is -5.65. The number of hydrogen-bond donors (Lipinski definition) is 3. The van der Waals surface area contributed by atoms with Gasteiger partial charge in [0.25, 0.3) is 0 Å². The Morgan fingerprint density at radius 3 is 1.76 bits per heavy atom. The van der Waals surface area contributed by atoms with Gasteiger partial charge in [-0.1, -0.05) is 66.7 Å². The van der Waals surface area contributed by atoms with E-state index >= 15 is 8.42 Å². The van der Waals surface area contributed by atoms with E-state index in [4.69, 9.17) is 14.2 Å². The van der Waals surface area contributed by atoms with E-state index in [2.05, 4.69) is 20.1 Å². The van der Waals surface area contributed by atoms with Crippen molar-refractivity contribution < 1.29 is 46.1 Å². The molecule has 5 aromatic carbocycles. The SMILES string of the molecule is COc1ccc(CN(Cc2ccc(OC)cc2)S(=O)(=O)c2c(S(=O)(=O)NC[C@H](CO)N(Cc3ccccc3)C(=O)O)ccc(I)c2-c2nnn(Cc3ccc(OC)cc3)n2)cc1. The highest BCUT2D eigenvalue weighted by Gasteiger charge is 2.38. The molecule has 0 aliphatic heterocycles. The van der Waals surface area contributed by atoms with Crippen LogP contribution in [0.1, 0.15) is 22.3 Å². The zero-order valence-corrected chi connectivity index (χ0v) is 37.6. The van der Waals surface area contributed by atoms with Crippen LogP contribution in [0.15, 0.2) is 125 Å². The number of aromatic nitrogens is 4. The molecule has 0 radical (unpaired) electrons. The molecule has 6 aromatic rings. The number of tetrazole rings is 1. The second-order valence-electron chi connectivity index (χ2n) is 13.8. The number of sulfonamides is 2. The highest BCUT2D eigenvalue weighted by Crippen LogP contribution is 2.38. The summed E-state index contributed by atoms with van der Waals surface area (Å²) in [5.41, 5.74) is 2.40. The molecule has 0 fully saturated rings. The third kappa shape index (κ3) is 11.0. The van der Waals surface area contributed by atoms with Crippen molar-refractivity contribution in [3.63, 3.8) is 0 Å². The van der Waals surface area contributed by atoms with Gasteiger partial charge in [0, 0.05) is 29.7 Å². The van der Waals surface area contributed by atoms with Crippen molar-refractivity contribution in [2.45, 2.75) is 42.0 Å². The lowest BCUT2D eigenvalue weighted by Crippen LogP contribution is -2.48. The minimum atomic E-state index is -4.85. The molecule has 0 aliphatic carbocycles. The monoisotopic (exact) mass is 997 g/mol. The third-order valence-electron chi connectivity index (χ3n) is 9.76. The van der Waals surface area contributed by atoms with Gasteiger partial charge in [-0.3, -0.25) is 4.90 Å². The van der Waals surface area contributed by atoms with Gasteiger partial charge in [-0.2, -0.15) is 9.10 Å². The molecule has 0 aliphatic rings. The summed E-state index contributed by atoms with van der Waals surface area (Å²) in [7, 11) is -5.11. The minimum absolute atomic E-state index is 0.126. The smallest absolute Gasteiger partial charge is 0.407 e. The Bertz CT molecular complexity index is 2620. The second kappa shape index (κ2) is 20.5. The Balaban J connectivity index is 1.47. The molecule has 326 valence electrons. The average Bonchev–Trinajstić information content (AvgIpc) is 3.74. The van der Waals surface area contributed by atoms with E-state index in [1.807, 2.05) is 34.7 Å². The summed E-state index contributed by atoms with van der Waals surface area (Å²) in [6.45, 7) is -1.76. The van der Waals surface area contributed by atoms with Gasteiger partial charge < -0.3 is 24.4 Å². The zero-order chi connectivity index (χ0) is 44.4. The van der Waals surface area contributed by atoms with Gasteiger partial charge >= 0.3 is 6.09 Å². The summed E-state index contributed by atoms with van der Waals surface area (Å²) in [4.78, 5) is 13.3. The van der Waals surface area contributed by atoms with Crippen molar-refractivity contribution in [2.75, 3.05) is 34.5 Å². The molecule has 6 rings (SSSR count). The maximum atomic E-state index is 15.5. The molecular weight excluding hydrogens is 954 g/mol. The molecule has 0 saturated heterocycles. The fourth-order valence-corrected chi connectivity index (χ4v) is 10.8. The molecule has 20 heteroatoms. The molecule has 0 spiro atoms.